The van der Waals surface area contributed by atoms with Crippen LogP contribution >= 0.6 is 12.4 Å². The minimum atomic E-state index is 0. The lowest BCUT2D eigenvalue weighted by Gasteiger charge is -2.32. The molecule has 0 spiro atoms. The number of pyridine rings is 1. The summed E-state index contributed by atoms with van der Waals surface area (Å²) >= 11 is 0. The molecule has 146 valence electrons. The topological polar surface area (TPSA) is 66.5 Å². The van der Waals surface area contributed by atoms with Gasteiger partial charge in [-0.3, -0.25) is 14.7 Å². The summed E-state index contributed by atoms with van der Waals surface area (Å²) in [6.45, 7) is 6.67. The van der Waals surface area contributed by atoms with Crippen molar-refractivity contribution in [2.75, 3.05) is 33.3 Å². The molecule has 1 aromatic rings. The molecule has 0 bridgehead atoms. The summed E-state index contributed by atoms with van der Waals surface area (Å²) in [5.41, 5.74) is 2.04. The maximum atomic E-state index is 12.2. The van der Waals surface area contributed by atoms with Crippen molar-refractivity contribution in [3.8, 4) is 5.75 Å². The smallest absolute Gasteiger partial charge is 0.237 e. The molecule has 0 aliphatic carbocycles. The van der Waals surface area contributed by atoms with Crippen molar-refractivity contribution in [3.63, 3.8) is 0 Å². The lowest BCUT2D eigenvalue weighted by Crippen LogP contribution is -2.45. The van der Waals surface area contributed by atoms with Crippen molar-refractivity contribution in [1.82, 2.24) is 20.5 Å². The minimum absolute atomic E-state index is 0. The summed E-state index contributed by atoms with van der Waals surface area (Å²) in [6.07, 6.45) is 4.41. The van der Waals surface area contributed by atoms with Crippen LogP contribution in [0.5, 0.6) is 5.75 Å². The third-order valence-corrected chi connectivity index (χ3v) is 5.15. The largest absolute Gasteiger partial charge is 0.497 e. The van der Waals surface area contributed by atoms with Gasteiger partial charge in [-0.1, -0.05) is 0 Å². The zero-order valence-electron chi connectivity index (χ0n) is 15.8. The monoisotopic (exact) mass is 382 g/mol. The molecular formula is C19H31ClN4O2. The number of carbonyl (C=O) groups is 1. The molecular weight excluding hydrogens is 352 g/mol. The number of rotatable bonds is 6. The Morgan fingerprint density at radius 1 is 1.38 bits per heavy atom. The normalized spacial score (nSPS) is 23.3. The lowest BCUT2D eigenvalue weighted by atomic mass is 9.97. The molecule has 0 radical (unpaired) electrons. The van der Waals surface area contributed by atoms with Crippen molar-refractivity contribution >= 4 is 18.3 Å². The van der Waals surface area contributed by atoms with E-state index in [1.165, 1.54) is 12.8 Å². The predicted octanol–water partition coefficient (Wildman–Crippen LogP) is 1.90. The van der Waals surface area contributed by atoms with Gasteiger partial charge in [0.1, 0.15) is 5.75 Å². The van der Waals surface area contributed by atoms with E-state index in [0.29, 0.717) is 5.92 Å². The SMILES string of the molecule is COc1cc(C)nc(CN2CCCC(CNC(=O)C3CCCN3)C2)c1.Cl. The number of likely N-dealkylation sites (tertiary alicyclic amines) is 1. The molecule has 2 saturated heterocycles. The van der Waals surface area contributed by atoms with Gasteiger partial charge >= 0.3 is 0 Å². The van der Waals surface area contributed by atoms with E-state index in [0.717, 1.165) is 62.7 Å². The molecule has 2 aliphatic heterocycles. The summed E-state index contributed by atoms with van der Waals surface area (Å²) in [5.74, 6) is 1.55. The average molecular weight is 383 g/mol. The van der Waals surface area contributed by atoms with E-state index < -0.39 is 0 Å². The molecule has 7 heteroatoms. The van der Waals surface area contributed by atoms with Crippen molar-refractivity contribution in [3.05, 3.63) is 23.5 Å². The number of aryl methyl sites for hydroxylation is 1. The highest BCUT2D eigenvalue weighted by molar-refractivity contribution is 5.85. The van der Waals surface area contributed by atoms with Crippen LogP contribution in [0.1, 0.15) is 37.1 Å². The van der Waals surface area contributed by atoms with Gasteiger partial charge in [-0.05, 0) is 51.6 Å². The molecule has 2 atom stereocenters. The molecule has 2 unspecified atom stereocenters. The fraction of sp³-hybridized carbons (Fsp3) is 0.684. The first-order valence-corrected chi connectivity index (χ1v) is 9.39. The molecule has 0 saturated carbocycles. The number of piperidine rings is 1. The van der Waals surface area contributed by atoms with Crippen LogP contribution in [-0.2, 0) is 11.3 Å². The van der Waals surface area contributed by atoms with Crippen LogP contribution < -0.4 is 15.4 Å². The number of carbonyl (C=O) groups excluding carboxylic acids is 1. The van der Waals surface area contributed by atoms with Gasteiger partial charge < -0.3 is 15.4 Å². The van der Waals surface area contributed by atoms with Gasteiger partial charge in [-0.25, -0.2) is 0 Å². The summed E-state index contributed by atoms with van der Waals surface area (Å²) in [5, 5.41) is 6.40. The van der Waals surface area contributed by atoms with Crippen LogP contribution in [-0.4, -0.2) is 55.1 Å². The van der Waals surface area contributed by atoms with E-state index in [1.54, 1.807) is 7.11 Å². The standard InChI is InChI=1S/C19H30N4O2.ClH/c1-14-9-17(25-2)10-16(22-14)13-23-8-4-5-15(12-23)11-21-19(24)18-6-3-7-20-18;/h9-10,15,18,20H,3-8,11-13H2,1-2H3,(H,21,24);1H. The van der Waals surface area contributed by atoms with Gasteiger partial charge in [-0.2, -0.15) is 0 Å². The number of aromatic nitrogens is 1. The van der Waals surface area contributed by atoms with E-state index in [9.17, 15) is 4.79 Å². The van der Waals surface area contributed by atoms with E-state index in [2.05, 4.69) is 20.5 Å². The fourth-order valence-corrected chi connectivity index (χ4v) is 3.87. The third kappa shape index (κ3) is 5.83. The molecule has 2 aliphatic rings. The Balaban J connectivity index is 0.00000243. The lowest BCUT2D eigenvalue weighted by molar-refractivity contribution is -0.123. The van der Waals surface area contributed by atoms with Gasteiger partial charge in [-0.15, -0.1) is 12.4 Å². The number of amides is 1. The van der Waals surface area contributed by atoms with E-state index >= 15 is 0 Å². The number of hydrogen-bond acceptors (Lipinski definition) is 5. The first-order chi connectivity index (χ1) is 12.1. The molecule has 6 nitrogen and oxygen atoms in total. The molecule has 3 rings (SSSR count). The van der Waals surface area contributed by atoms with Gasteiger partial charge in [0.2, 0.25) is 5.91 Å². The number of methoxy groups -OCH3 is 1. The third-order valence-electron chi connectivity index (χ3n) is 5.15. The van der Waals surface area contributed by atoms with Crippen molar-refractivity contribution < 1.29 is 9.53 Å². The molecule has 2 N–H and O–H groups in total. The van der Waals surface area contributed by atoms with E-state index in [4.69, 9.17) is 4.74 Å². The minimum Gasteiger partial charge on any atom is -0.497 e. The zero-order chi connectivity index (χ0) is 17.6. The second-order valence-electron chi connectivity index (χ2n) is 7.28. The van der Waals surface area contributed by atoms with Crippen molar-refractivity contribution in [2.45, 2.75) is 45.2 Å². The summed E-state index contributed by atoms with van der Waals surface area (Å²) in [4.78, 5) is 19.2. The Kier molecular flexibility index (Phi) is 8.13. The summed E-state index contributed by atoms with van der Waals surface area (Å²) in [6, 6.07) is 3.99. The highest BCUT2D eigenvalue weighted by Crippen LogP contribution is 2.20. The second-order valence-corrected chi connectivity index (χ2v) is 7.28. The molecule has 1 aromatic heterocycles. The number of nitrogens with one attached hydrogen (secondary N) is 2. The van der Waals surface area contributed by atoms with Gasteiger partial charge in [0.15, 0.2) is 0 Å². The number of hydrogen-bond donors (Lipinski definition) is 2. The van der Waals surface area contributed by atoms with Gasteiger partial charge in [0.25, 0.3) is 0 Å². The number of halogens is 1. The van der Waals surface area contributed by atoms with Crippen molar-refractivity contribution in [1.29, 1.82) is 0 Å². The highest BCUT2D eigenvalue weighted by atomic mass is 35.5. The number of nitrogens with zero attached hydrogens (tertiary/aromatic N) is 2. The van der Waals surface area contributed by atoms with Gasteiger partial charge in [0.05, 0.1) is 18.8 Å². The Hall–Kier alpha value is -1.37. The molecule has 1 amide bonds. The van der Waals surface area contributed by atoms with Crippen LogP contribution in [0.2, 0.25) is 0 Å². The molecule has 26 heavy (non-hydrogen) atoms. The highest BCUT2D eigenvalue weighted by Gasteiger charge is 2.24. The Morgan fingerprint density at radius 3 is 2.96 bits per heavy atom. The number of ether oxygens (including phenoxy) is 1. The Labute approximate surface area is 162 Å². The molecule has 0 aromatic carbocycles. The first kappa shape index (κ1) is 20.9. The maximum absolute atomic E-state index is 12.2. The molecule has 3 heterocycles. The molecule has 2 fully saturated rings. The van der Waals surface area contributed by atoms with Crippen LogP contribution in [0, 0.1) is 12.8 Å². The van der Waals surface area contributed by atoms with Crippen LogP contribution in [0.15, 0.2) is 12.1 Å². The summed E-state index contributed by atoms with van der Waals surface area (Å²) in [7, 11) is 1.69. The maximum Gasteiger partial charge on any atom is 0.237 e. The van der Waals surface area contributed by atoms with Crippen LogP contribution in [0.25, 0.3) is 0 Å². The van der Waals surface area contributed by atoms with E-state index in [1.807, 2.05) is 19.1 Å². The first-order valence-electron chi connectivity index (χ1n) is 9.39. The zero-order valence-corrected chi connectivity index (χ0v) is 16.6. The fourth-order valence-electron chi connectivity index (χ4n) is 3.87. The second kappa shape index (κ2) is 10.1. The van der Waals surface area contributed by atoms with E-state index in [-0.39, 0.29) is 24.4 Å². The summed E-state index contributed by atoms with van der Waals surface area (Å²) < 4.78 is 5.35. The predicted molar refractivity (Wildman–Crippen MR) is 105 cm³/mol. The average Bonchev–Trinajstić information content (AvgIpc) is 3.14. The Morgan fingerprint density at radius 2 is 2.23 bits per heavy atom. The van der Waals surface area contributed by atoms with Crippen LogP contribution in [0.3, 0.4) is 0 Å². The Bertz CT molecular complexity index is 593. The van der Waals surface area contributed by atoms with Crippen LogP contribution in [0.4, 0.5) is 0 Å². The van der Waals surface area contributed by atoms with Crippen molar-refractivity contribution in [2.24, 2.45) is 5.92 Å². The quantitative estimate of drug-likeness (QED) is 0.786. The van der Waals surface area contributed by atoms with Gasteiger partial charge in [0, 0.05) is 37.5 Å².